The number of hydrogen-bond donors (Lipinski definition) is 2. The van der Waals surface area contributed by atoms with E-state index in [1.165, 1.54) is 14.2 Å². The molecule has 2 N–H and O–H groups in total. The van der Waals surface area contributed by atoms with E-state index in [0.29, 0.717) is 48.1 Å². The zero-order chi connectivity index (χ0) is 33.1. The Labute approximate surface area is 273 Å². The van der Waals surface area contributed by atoms with E-state index >= 15 is 0 Å². The number of piperidine rings is 1. The van der Waals surface area contributed by atoms with Gasteiger partial charge in [-0.3, -0.25) is 14.4 Å². The minimum atomic E-state index is -0.807. The molecule has 2 fully saturated rings. The first kappa shape index (κ1) is 33.1. The molecule has 0 saturated carbocycles. The molecule has 3 amide bonds. The van der Waals surface area contributed by atoms with E-state index in [2.05, 4.69) is 10.3 Å². The van der Waals surface area contributed by atoms with Crippen LogP contribution in [0.5, 0.6) is 11.5 Å². The van der Waals surface area contributed by atoms with Gasteiger partial charge in [0.1, 0.15) is 6.04 Å². The molecule has 2 aliphatic rings. The number of rotatable bonds is 10. The van der Waals surface area contributed by atoms with Gasteiger partial charge in [0.2, 0.25) is 11.8 Å². The van der Waals surface area contributed by atoms with Crippen LogP contribution >= 0.6 is 11.6 Å². The van der Waals surface area contributed by atoms with Crippen LogP contribution in [-0.4, -0.2) is 91.0 Å². The summed E-state index contributed by atoms with van der Waals surface area (Å²) in [7, 11) is 2.81. The van der Waals surface area contributed by atoms with Crippen molar-refractivity contribution in [3.63, 3.8) is 0 Å². The molecule has 3 heterocycles. The number of H-pyrrole nitrogens is 1. The van der Waals surface area contributed by atoms with E-state index < -0.39 is 17.9 Å². The van der Waals surface area contributed by atoms with E-state index in [4.69, 9.17) is 25.8 Å². The highest BCUT2D eigenvalue weighted by molar-refractivity contribution is 6.31. The molecule has 46 heavy (non-hydrogen) atoms. The first-order chi connectivity index (χ1) is 22.0. The standard InChI is InChI=1S/C34H41ClN4O7/c1-6-27(34(43)45-5)37-32(41)26-18-38(31(40)12-21-14-36-28-13-23(35)8-9-24(21)28)15-22-16-39(17-25(22)26)33(42)20-7-10-29(46-19(2)3)30(11-20)44-4/h7-11,13-14,19,22,25-27,36H,6,12,15-18H2,1-5H3,(H,37,41). The van der Waals surface area contributed by atoms with Gasteiger partial charge < -0.3 is 34.3 Å². The number of likely N-dealkylation sites (tertiary alicyclic amines) is 2. The summed E-state index contributed by atoms with van der Waals surface area (Å²) in [5.74, 6) is -1.15. The number of carbonyl (C=O) groups is 4. The van der Waals surface area contributed by atoms with Crippen LogP contribution in [0, 0.1) is 17.8 Å². The van der Waals surface area contributed by atoms with E-state index in [1.807, 2.05) is 26.0 Å². The molecule has 2 saturated heterocycles. The molecule has 0 spiro atoms. The summed E-state index contributed by atoms with van der Waals surface area (Å²) in [6.07, 6.45) is 2.24. The molecule has 4 unspecified atom stereocenters. The molecule has 4 atom stereocenters. The zero-order valence-corrected chi connectivity index (χ0v) is 27.6. The van der Waals surface area contributed by atoms with Crippen molar-refractivity contribution in [2.75, 3.05) is 40.4 Å². The highest BCUT2D eigenvalue weighted by Gasteiger charge is 2.48. The summed E-state index contributed by atoms with van der Waals surface area (Å²) in [4.78, 5) is 60.2. The van der Waals surface area contributed by atoms with E-state index in [1.54, 1.807) is 47.2 Å². The van der Waals surface area contributed by atoms with Gasteiger partial charge in [0.05, 0.1) is 32.7 Å². The van der Waals surface area contributed by atoms with Crippen LogP contribution in [0.25, 0.3) is 10.9 Å². The summed E-state index contributed by atoms with van der Waals surface area (Å²) in [5.41, 5.74) is 2.11. The number of methoxy groups -OCH3 is 2. The second-order valence-electron chi connectivity index (χ2n) is 12.2. The second-order valence-corrected chi connectivity index (χ2v) is 12.7. The third-order valence-electron chi connectivity index (χ3n) is 8.91. The molecule has 0 aliphatic carbocycles. The van der Waals surface area contributed by atoms with Gasteiger partial charge in [-0.15, -0.1) is 0 Å². The van der Waals surface area contributed by atoms with Crippen LogP contribution in [0.2, 0.25) is 5.02 Å². The smallest absolute Gasteiger partial charge is 0.328 e. The van der Waals surface area contributed by atoms with Gasteiger partial charge in [0.25, 0.3) is 5.91 Å². The van der Waals surface area contributed by atoms with Gasteiger partial charge >= 0.3 is 5.97 Å². The van der Waals surface area contributed by atoms with Gasteiger partial charge in [0, 0.05) is 53.9 Å². The normalized spacial score (nSPS) is 19.9. The number of amides is 3. The van der Waals surface area contributed by atoms with Crippen molar-refractivity contribution in [2.45, 2.75) is 45.8 Å². The molecular formula is C34H41ClN4O7. The van der Waals surface area contributed by atoms with Crippen molar-refractivity contribution in [1.29, 1.82) is 0 Å². The van der Waals surface area contributed by atoms with Gasteiger partial charge in [-0.25, -0.2) is 4.79 Å². The monoisotopic (exact) mass is 652 g/mol. The SMILES string of the molecule is CCC(NC(=O)C1CN(C(=O)Cc2c[nH]c3cc(Cl)ccc23)CC2CN(C(=O)c3ccc(OC(C)C)c(OC)c3)CC21)C(=O)OC. The lowest BCUT2D eigenvalue weighted by Gasteiger charge is -2.40. The Kier molecular flexibility index (Phi) is 10.1. The predicted molar refractivity (Wildman–Crippen MR) is 173 cm³/mol. The number of aromatic nitrogens is 1. The zero-order valence-electron chi connectivity index (χ0n) is 26.8. The fourth-order valence-electron chi connectivity index (χ4n) is 6.59. The Morgan fingerprint density at radius 3 is 2.46 bits per heavy atom. The average Bonchev–Trinajstić information content (AvgIpc) is 3.65. The average molecular weight is 653 g/mol. The lowest BCUT2D eigenvalue weighted by molar-refractivity contribution is -0.147. The van der Waals surface area contributed by atoms with Crippen molar-refractivity contribution in [2.24, 2.45) is 17.8 Å². The number of hydrogen-bond acceptors (Lipinski definition) is 7. The lowest BCUT2D eigenvalue weighted by atomic mass is 9.79. The Morgan fingerprint density at radius 2 is 1.76 bits per heavy atom. The second kappa shape index (κ2) is 14.0. The molecule has 246 valence electrons. The summed E-state index contributed by atoms with van der Waals surface area (Å²) in [5, 5.41) is 4.35. The van der Waals surface area contributed by atoms with Crippen molar-refractivity contribution < 1.29 is 33.4 Å². The molecule has 12 heteroatoms. The number of ether oxygens (including phenoxy) is 3. The minimum absolute atomic E-state index is 0.0631. The van der Waals surface area contributed by atoms with E-state index in [0.717, 1.165) is 16.5 Å². The highest BCUT2D eigenvalue weighted by atomic mass is 35.5. The largest absolute Gasteiger partial charge is 0.493 e. The number of carbonyl (C=O) groups excluding carboxylic acids is 4. The fourth-order valence-corrected chi connectivity index (χ4v) is 6.76. The summed E-state index contributed by atoms with van der Waals surface area (Å²) in [6, 6.07) is 9.77. The number of fused-ring (bicyclic) bond motifs is 2. The van der Waals surface area contributed by atoms with Crippen LogP contribution in [0.1, 0.15) is 43.1 Å². The van der Waals surface area contributed by atoms with Crippen molar-refractivity contribution >= 4 is 46.2 Å². The Morgan fingerprint density at radius 1 is 1.00 bits per heavy atom. The van der Waals surface area contributed by atoms with Crippen LogP contribution in [-0.2, 0) is 25.5 Å². The maximum absolute atomic E-state index is 13.8. The molecule has 1 aromatic heterocycles. The minimum Gasteiger partial charge on any atom is -0.493 e. The number of esters is 1. The molecule has 2 aromatic carbocycles. The Balaban J connectivity index is 1.38. The lowest BCUT2D eigenvalue weighted by Crippen LogP contribution is -2.55. The van der Waals surface area contributed by atoms with Crippen LogP contribution in [0.15, 0.2) is 42.6 Å². The molecule has 5 rings (SSSR count). The van der Waals surface area contributed by atoms with E-state index in [-0.39, 0.29) is 48.6 Å². The summed E-state index contributed by atoms with van der Waals surface area (Å²) in [6.45, 7) is 6.92. The summed E-state index contributed by atoms with van der Waals surface area (Å²) < 4.78 is 16.2. The van der Waals surface area contributed by atoms with Gasteiger partial charge in [-0.1, -0.05) is 24.6 Å². The number of nitrogens with zero attached hydrogens (tertiary/aromatic N) is 2. The fraction of sp³-hybridized carbons (Fsp3) is 0.471. The maximum atomic E-state index is 13.8. The predicted octanol–water partition coefficient (Wildman–Crippen LogP) is 4.07. The summed E-state index contributed by atoms with van der Waals surface area (Å²) >= 11 is 6.14. The van der Waals surface area contributed by atoms with E-state index in [9.17, 15) is 19.2 Å². The van der Waals surface area contributed by atoms with Crippen LogP contribution in [0.3, 0.4) is 0 Å². The number of nitrogens with one attached hydrogen (secondary N) is 2. The third kappa shape index (κ3) is 6.94. The molecular weight excluding hydrogens is 612 g/mol. The topological polar surface area (TPSA) is 130 Å². The number of aromatic amines is 1. The first-order valence-electron chi connectivity index (χ1n) is 15.6. The quantitative estimate of drug-likeness (QED) is 0.316. The molecule has 0 bridgehead atoms. The van der Waals surface area contributed by atoms with Gasteiger partial charge in [-0.05, 0) is 68.0 Å². The van der Waals surface area contributed by atoms with Gasteiger partial charge in [-0.2, -0.15) is 0 Å². The molecule has 3 aromatic rings. The van der Waals surface area contributed by atoms with Crippen LogP contribution in [0.4, 0.5) is 0 Å². The van der Waals surface area contributed by atoms with Crippen molar-refractivity contribution in [1.82, 2.24) is 20.1 Å². The van der Waals surface area contributed by atoms with Gasteiger partial charge in [0.15, 0.2) is 11.5 Å². The molecule has 2 aliphatic heterocycles. The van der Waals surface area contributed by atoms with Crippen LogP contribution < -0.4 is 14.8 Å². The Bertz CT molecular complexity index is 1620. The van der Waals surface area contributed by atoms with Crippen molar-refractivity contribution in [3.8, 4) is 11.5 Å². The number of benzene rings is 2. The maximum Gasteiger partial charge on any atom is 0.328 e. The molecule has 0 radical (unpaired) electrons. The first-order valence-corrected chi connectivity index (χ1v) is 16.0. The number of halogens is 1. The highest BCUT2D eigenvalue weighted by Crippen LogP contribution is 2.38. The molecule has 11 nitrogen and oxygen atoms in total. The Hall–Kier alpha value is -4.25. The third-order valence-corrected chi connectivity index (χ3v) is 9.15. The van der Waals surface area contributed by atoms with Crippen molar-refractivity contribution in [3.05, 3.63) is 58.7 Å².